The Bertz CT molecular complexity index is 585. The Morgan fingerprint density at radius 2 is 2.05 bits per heavy atom. The molecule has 0 saturated carbocycles. The number of benzene rings is 2. The van der Waals surface area contributed by atoms with Gasteiger partial charge in [0.1, 0.15) is 5.75 Å². The van der Waals surface area contributed by atoms with Gasteiger partial charge in [0.05, 0.1) is 6.61 Å². The zero-order valence-electron chi connectivity index (χ0n) is 11.4. The van der Waals surface area contributed by atoms with E-state index in [1.54, 1.807) is 0 Å². The number of thioether (sulfide) groups is 1. The van der Waals surface area contributed by atoms with Gasteiger partial charge in [-0.15, -0.1) is 11.8 Å². The summed E-state index contributed by atoms with van der Waals surface area (Å²) in [5.74, 6) is 2.56. The van der Waals surface area contributed by atoms with Crippen molar-refractivity contribution < 1.29 is 4.74 Å². The molecule has 0 spiro atoms. The molecule has 104 valence electrons. The molecule has 1 aliphatic rings. The van der Waals surface area contributed by atoms with Gasteiger partial charge in [-0.3, -0.25) is 0 Å². The van der Waals surface area contributed by atoms with E-state index in [1.807, 2.05) is 23.9 Å². The fourth-order valence-corrected chi connectivity index (χ4v) is 3.75. The van der Waals surface area contributed by atoms with E-state index in [-0.39, 0.29) is 0 Å². The van der Waals surface area contributed by atoms with Gasteiger partial charge in [-0.2, -0.15) is 0 Å². The molecule has 2 aromatic carbocycles. The fraction of sp³-hybridized carbons (Fsp3) is 0.294. The Balaban J connectivity index is 1.64. The van der Waals surface area contributed by atoms with Gasteiger partial charge in [0, 0.05) is 16.6 Å². The van der Waals surface area contributed by atoms with Gasteiger partial charge in [-0.25, -0.2) is 0 Å². The third-order valence-corrected chi connectivity index (χ3v) is 4.83. The molecule has 0 bridgehead atoms. The lowest BCUT2D eigenvalue weighted by atomic mass is 10.0. The number of hydrogen-bond acceptors (Lipinski definition) is 3. The maximum Gasteiger partial charge on any atom is 0.119 e. The van der Waals surface area contributed by atoms with Crippen LogP contribution in [0.2, 0.25) is 0 Å². The fourth-order valence-electron chi connectivity index (χ4n) is 2.52. The molecular formula is C17H19NOS. The van der Waals surface area contributed by atoms with Crippen LogP contribution in [0.15, 0.2) is 53.4 Å². The highest BCUT2D eigenvalue weighted by atomic mass is 32.2. The van der Waals surface area contributed by atoms with Gasteiger partial charge in [0.25, 0.3) is 0 Å². The Morgan fingerprint density at radius 1 is 1.15 bits per heavy atom. The molecule has 2 nitrogen and oxygen atoms in total. The van der Waals surface area contributed by atoms with Gasteiger partial charge >= 0.3 is 0 Å². The van der Waals surface area contributed by atoms with Crippen LogP contribution in [0.3, 0.4) is 0 Å². The van der Waals surface area contributed by atoms with E-state index in [9.17, 15) is 0 Å². The van der Waals surface area contributed by atoms with Crippen LogP contribution in [0.25, 0.3) is 0 Å². The molecule has 0 fully saturated rings. The maximum atomic E-state index is 5.98. The standard InChI is InChI=1S/C17H19NOS/c18-9-8-13-4-3-5-15(10-13)19-11-14-12-20-17-7-2-1-6-16(14)17/h1-7,10,14H,8-9,11-12,18H2. The summed E-state index contributed by atoms with van der Waals surface area (Å²) in [5.41, 5.74) is 8.26. The van der Waals surface area contributed by atoms with Crippen LogP contribution in [-0.4, -0.2) is 18.9 Å². The van der Waals surface area contributed by atoms with Crippen LogP contribution in [0.4, 0.5) is 0 Å². The first-order valence-electron chi connectivity index (χ1n) is 7.00. The molecule has 0 aliphatic carbocycles. The number of fused-ring (bicyclic) bond motifs is 1. The minimum atomic E-state index is 0.495. The summed E-state index contributed by atoms with van der Waals surface area (Å²) in [4.78, 5) is 1.40. The number of rotatable bonds is 5. The molecule has 0 aromatic heterocycles. The largest absolute Gasteiger partial charge is 0.493 e. The Hall–Kier alpha value is -1.45. The lowest BCUT2D eigenvalue weighted by Gasteiger charge is -2.13. The predicted molar refractivity (Wildman–Crippen MR) is 84.6 cm³/mol. The highest BCUT2D eigenvalue weighted by Gasteiger charge is 2.23. The van der Waals surface area contributed by atoms with Crippen molar-refractivity contribution in [2.45, 2.75) is 17.2 Å². The summed E-state index contributed by atoms with van der Waals surface area (Å²) < 4.78 is 5.98. The van der Waals surface area contributed by atoms with Crippen molar-refractivity contribution in [1.29, 1.82) is 0 Å². The van der Waals surface area contributed by atoms with E-state index in [1.165, 1.54) is 16.0 Å². The van der Waals surface area contributed by atoms with E-state index >= 15 is 0 Å². The first-order chi connectivity index (χ1) is 9.86. The minimum absolute atomic E-state index is 0.495. The zero-order chi connectivity index (χ0) is 13.8. The molecule has 2 N–H and O–H groups in total. The van der Waals surface area contributed by atoms with Crippen molar-refractivity contribution >= 4 is 11.8 Å². The van der Waals surface area contributed by atoms with Crippen molar-refractivity contribution in [3.8, 4) is 5.75 Å². The van der Waals surface area contributed by atoms with Crippen molar-refractivity contribution in [2.75, 3.05) is 18.9 Å². The van der Waals surface area contributed by atoms with Crippen LogP contribution < -0.4 is 10.5 Å². The first-order valence-corrected chi connectivity index (χ1v) is 7.99. The van der Waals surface area contributed by atoms with Crippen molar-refractivity contribution in [2.24, 2.45) is 5.73 Å². The van der Waals surface area contributed by atoms with Gasteiger partial charge in [0.15, 0.2) is 0 Å². The van der Waals surface area contributed by atoms with E-state index in [0.29, 0.717) is 12.5 Å². The number of nitrogens with two attached hydrogens (primary N) is 1. The molecule has 20 heavy (non-hydrogen) atoms. The van der Waals surface area contributed by atoms with E-state index in [0.717, 1.165) is 24.5 Å². The third-order valence-electron chi connectivity index (χ3n) is 3.58. The summed E-state index contributed by atoms with van der Waals surface area (Å²) in [7, 11) is 0. The van der Waals surface area contributed by atoms with Crippen molar-refractivity contribution in [3.63, 3.8) is 0 Å². The van der Waals surface area contributed by atoms with Gasteiger partial charge in [-0.05, 0) is 42.3 Å². The quantitative estimate of drug-likeness (QED) is 0.914. The molecular weight excluding hydrogens is 266 g/mol. The topological polar surface area (TPSA) is 35.2 Å². The molecule has 0 saturated heterocycles. The summed E-state index contributed by atoms with van der Waals surface area (Å²) in [6, 6.07) is 16.9. The molecule has 0 radical (unpaired) electrons. The van der Waals surface area contributed by atoms with Gasteiger partial charge < -0.3 is 10.5 Å². The van der Waals surface area contributed by atoms with E-state index in [4.69, 9.17) is 10.5 Å². The summed E-state index contributed by atoms with van der Waals surface area (Å²) >= 11 is 1.93. The smallest absolute Gasteiger partial charge is 0.119 e. The maximum absolute atomic E-state index is 5.98. The molecule has 2 aromatic rings. The second-order valence-corrected chi connectivity index (χ2v) is 6.10. The molecule has 3 rings (SSSR count). The summed E-state index contributed by atoms with van der Waals surface area (Å²) in [5, 5.41) is 0. The van der Waals surface area contributed by atoms with Crippen LogP contribution in [0, 0.1) is 0 Å². The minimum Gasteiger partial charge on any atom is -0.493 e. The van der Waals surface area contributed by atoms with Crippen LogP contribution >= 0.6 is 11.8 Å². The highest BCUT2D eigenvalue weighted by molar-refractivity contribution is 7.99. The Morgan fingerprint density at radius 3 is 2.95 bits per heavy atom. The monoisotopic (exact) mass is 285 g/mol. The average molecular weight is 285 g/mol. The van der Waals surface area contributed by atoms with E-state index < -0.39 is 0 Å². The van der Waals surface area contributed by atoms with Crippen LogP contribution in [-0.2, 0) is 6.42 Å². The summed E-state index contributed by atoms with van der Waals surface area (Å²) in [6.07, 6.45) is 0.902. The van der Waals surface area contributed by atoms with E-state index in [2.05, 4.69) is 36.4 Å². The molecule has 1 unspecified atom stereocenters. The predicted octanol–water partition coefficient (Wildman–Crippen LogP) is 3.46. The third kappa shape index (κ3) is 3.00. The summed E-state index contributed by atoms with van der Waals surface area (Å²) in [6.45, 7) is 1.42. The Kier molecular flexibility index (Phi) is 4.28. The van der Waals surface area contributed by atoms with Crippen molar-refractivity contribution in [1.82, 2.24) is 0 Å². The number of hydrogen-bond donors (Lipinski definition) is 1. The van der Waals surface area contributed by atoms with Crippen LogP contribution in [0.1, 0.15) is 17.0 Å². The second kappa shape index (κ2) is 6.33. The normalized spacial score (nSPS) is 16.9. The van der Waals surface area contributed by atoms with Crippen LogP contribution in [0.5, 0.6) is 5.75 Å². The average Bonchev–Trinajstić information content (AvgIpc) is 2.89. The molecule has 3 heteroatoms. The molecule has 0 amide bonds. The number of ether oxygens (including phenoxy) is 1. The first kappa shape index (κ1) is 13.5. The Labute approximate surface area is 124 Å². The molecule has 1 heterocycles. The molecule has 1 atom stereocenters. The zero-order valence-corrected chi connectivity index (χ0v) is 12.2. The van der Waals surface area contributed by atoms with Gasteiger partial charge in [0.2, 0.25) is 0 Å². The lowest BCUT2D eigenvalue weighted by molar-refractivity contribution is 0.298. The highest BCUT2D eigenvalue weighted by Crippen LogP contribution is 2.39. The SMILES string of the molecule is NCCc1cccc(OCC2CSc3ccccc32)c1. The lowest BCUT2D eigenvalue weighted by Crippen LogP contribution is -2.10. The second-order valence-electron chi connectivity index (χ2n) is 5.04. The molecule has 1 aliphatic heterocycles. The van der Waals surface area contributed by atoms with Crippen molar-refractivity contribution in [3.05, 3.63) is 59.7 Å². The van der Waals surface area contributed by atoms with Gasteiger partial charge in [-0.1, -0.05) is 30.3 Å².